The molecule has 1 aliphatic heterocycles. The molecule has 1 aromatic rings. The molecule has 2 N–H and O–H groups in total. The van der Waals surface area contributed by atoms with Crippen molar-refractivity contribution in [2.45, 2.75) is 33.3 Å². The second-order valence-corrected chi connectivity index (χ2v) is 6.97. The monoisotopic (exact) mass is 300 g/mol. The van der Waals surface area contributed by atoms with E-state index in [0.29, 0.717) is 12.0 Å². The Morgan fingerprint density at radius 3 is 2.45 bits per heavy atom. The average molecular weight is 300 g/mol. The van der Waals surface area contributed by atoms with Crippen LogP contribution < -0.4 is 0 Å². The zero-order valence-corrected chi connectivity index (χ0v) is 12.7. The second kappa shape index (κ2) is 5.73. The number of carbonyl (C=O) groups excluding carboxylic acids is 1. The third-order valence-electron chi connectivity index (χ3n) is 3.27. The highest BCUT2D eigenvalue weighted by atomic mass is 32.3. The van der Waals surface area contributed by atoms with Crippen LogP contribution in [0.3, 0.4) is 0 Å². The summed E-state index contributed by atoms with van der Waals surface area (Å²) in [6.07, 6.45) is -0.0349. The molecular formula is C14H20O5S. The van der Waals surface area contributed by atoms with Crippen LogP contribution in [0.2, 0.25) is 0 Å². The molecule has 0 spiro atoms. The van der Waals surface area contributed by atoms with Crippen LogP contribution in [0.25, 0.3) is 0 Å². The minimum Gasteiger partial charge on any atom is -0.458 e. The van der Waals surface area contributed by atoms with Gasteiger partial charge in [0, 0.05) is 6.42 Å². The van der Waals surface area contributed by atoms with E-state index in [4.69, 9.17) is 8.92 Å². The van der Waals surface area contributed by atoms with E-state index in [-0.39, 0.29) is 12.4 Å². The maximum Gasteiger partial charge on any atom is 0.338 e. The van der Waals surface area contributed by atoms with E-state index < -0.39 is 22.9 Å². The Hall–Kier alpha value is -1.08. The highest BCUT2D eigenvalue weighted by Crippen LogP contribution is 2.44. The number of hydrogen-bond acceptors (Lipinski definition) is 5. The van der Waals surface area contributed by atoms with Gasteiger partial charge in [-0.05, 0) is 31.9 Å². The van der Waals surface area contributed by atoms with Gasteiger partial charge in [-0.25, -0.2) is 4.79 Å². The Balaban J connectivity index is 2.13. The van der Waals surface area contributed by atoms with E-state index in [1.54, 1.807) is 0 Å². The van der Waals surface area contributed by atoms with E-state index in [0.717, 1.165) is 16.7 Å². The highest BCUT2D eigenvalue weighted by molar-refractivity contribution is 8.20. The van der Waals surface area contributed by atoms with Gasteiger partial charge in [-0.3, -0.25) is 4.18 Å². The van der Waals surface area contributed by atoms with Crippen molar-refractivity contribution in [3.8, 4) is 0 Å². The maximum absolute atomic E-state index is 12.3. The van der Waals surface area contributed by atoms with E-state index in [2.05, 4.69) is 0 Å². The Morgan fingerprint density at radius 2 is 1.90 bits per heavy atom. The van der Waals surface area contributed by atoms with Gasteiger partial charge in [0.25, 0.3) is 0 Å². The highest BCUT2D eigenvalue weighted by Gasteiger charge is 2.32. The first-order chi connectivity index (χ1) is 9.28. The smallest absolute Gasteiger partial charge is 0.338 e. The van der Waals surface area contributed by atoms with Gasteiger partial charge in [0.1, 0.15) is 6.10 Å². The van der Waals surface area contributed by atoms with Crippen LogP contribution in [-0.2, 0) is 8.92 Å². The molecule has 1 fully saturated rings. The van der Waals surface area contributed by atoms with Crippen molar-refractivity contribution in [1.29, 1.82) is 0 Å². The quantitative estimate of drug-likeness (QED) is 0.820. The minimum absolute atomic E-state index is 0.0529. The number of carbonyl (C=O) groups is 1. The lowest BCUT2D eigenvalue weighted by atomic mass is 10.00. The molecule has 1 saturated heterocycles. The summed E-state index contributed by atoms with van der Waals surface area (Å²) in [6, 6.07) is 3.86. The fraction of sp³-hybridized carbons (Fsp3) is 0.500. The summed E-state index contributed by atoms with van der Waals surface area (Å²) in [5.41, 5.74) is 3.38. The van der Waals surface area contributed by atoms with Gasteiger partial charge in [-0.2, -0.15) is 0 Å². The zero-order chi connectivity index (χ0) is 14.9. The summed E-state index contributed by atoms with van der Waals surface area (Å²) in [4.78, 5) is 12.3. The molecule has 1 aliphatic rings. The van der Waals surface area contributed by atoms with Gasteiger partial charge >= 0.3 is 5.97 Å². The molecule has 0 aliphatic carbocycles. The number of ether oxygens (including phenoxy) is 1. The molecule has 0 bridgehead atoms. The molecule has 0 saturated carbocycles. The first-order valence-corrected chi connectivity index (χ1v) is 8.12. The standard InChI is InChI=1S/C14H20O5S/c1-9-6-10(2)13(11(3)7-9)14(15)19-12-4-5-18-20(16,17)8-12/h6-7,12,16-17H,4-5,8H2,1-3H3. The molecule has 5 nitrogen and oxygen atoms in total. The van der Waals surface area contributed by atoms with Crippen LogP contribution in [0.5, 0.6) is 0 Å². The Labute approximate surface area is 120 Å². The summed E-state index contributed by atoms with van der Waals surface area (Å²) in [7, 11) is -3.06. The molecule has 1 atom stereocenters. The van der Waals surface area contributed by atoms with E-state index >= 15 is 0 Å². The molecule has 20 heavy (non-hydrogen) atoms. The lowest BCUT2D eigenvalue weighted by Crippen LogP contribution is -2.32. The number of esters is 1. The normalized spacial score (nSPS) is 23.1. The molecule has 0 radical (unpaired) electrons. The topological polar surface area (TPSA) is 76.0 Å². The van der Waals surface area contributed by atoms with Crippen molar-refractivity contribution in [3.63, 3.8) is 0 Å². The Morgan fingerprint density at radius 1 is 1.30 bits per heavy atom. The SMILES string of the molecule is Cc1cc(C)c(C(=O)OC2CCOS(O)(O)C2)c(C)c1. The van der Waals surface area contributed by atoms with Gasteiger partial charge in [0.05, 0.1) is 28.8 Å². The fourth-order valence-corrected chi connectivity index (χ4v) is 3.67. The van der Waals surface area contributed by atoms with Crippen LogP contribution in [0.15, 0.2) is 12.1 Å². The predicted molar refractivity (Wildman–Crippen MR) is 78.1 cm³/mol. The van der Waals surface area contributed by atoms with E-state index in [1.807, 2.05) is 32.9 Å². The Bertz CT molecular complexity index is 503. The second-order valence-electron chi connectivity index (χ2n) is 5.19. The van der Waals surface area contributed by atoms with Gasteiger partial charge in [0.15, 0.2) is 0 Å². The molecule has 112 valence electrons. The summed E-state index contributed by atoms with van der Waals surface area (Å²) >= 11 is 0. The molecule has 1 unspecified atom stereocenters. The van der Waals surface area contributed by atoms with Crippen molar-refractivity contribution < 1.29 is 22.8 Å². The molecule has 0 aromatic heterocycles. The number of aryl methyl sites for hydroxylation is 3. The summed E-state index contributed by atoms with van der Waals surface area (Å²) < 4.78 is 29.2. The van der Waals surface area contributed by atoms with Crippen molar-refractivity contribution in [2.24, 2.45) is 0 Å². The largest absolute Gasteiger partial charge is 0.458 e. The van der Waals surface area contributed by atoms with Crippen molar-refractivity contribution in [1.82, 2.24) is 0 Å². The first-order valence-electron chi connectivity index (χ1n) is 6.47. The summed E-state index contributed by atoms with van der Waals surface area (Å²) in [5, 5.41) is 0. The average Bonchev–Trinajstić information content (AvgIpc) is 2.25. The van der Waals surface area contributed by atoms with Gasteiger partial charge in [-0.15, -0.1) is 0 Å². The van der Waals surface area contributed by atoms with Crippen molar-refractivity contribution in [3.05, 3.63) is 34.4 Å². The number of benzene rings is 1. The van der Waals surface area contributed by atoms with Crippen molar-refractivity contribution >= 4 is 16.8 Å². The zero-order valence-electron chi connectivity index (χ0n) is 11.9. The summed E-state index contributed by atoms with van der Waals surface area (Å²) in [5.74, 6) is -0.468. The predicted octanol–water partition coefficient (Wildman–Crippen LogP) is 3.22. The lowest BCUT2D eigenvalue weighted by Gasteiger charge is -2.35. The minimum atomic E-state index is -3.06. The molecule has 0 amide bonds. The van der Waals surface area contributed by atoms with Gasteiger partial charge < -0.3 is 13.8 Å². The number of hydrogen-bond donors (Lipinski definition) is 2. The van der Waals surface area contributed by atoms with Crippen molar-refractivity contribution in [2.75, 3.05) is 12.4 Å². The molecule has 1 aromatic carbocycles. The van der Waals surface area contributed by atoms with Crippen LogP contribution >= 0.6 is 10.9 Å². The van der Waals surface area contributed by atoms with E-state index in [9.17, 15) is 13.9 Å². The van der Waals surface area contributed by atoms with Crippen LogP contribution in [-0.4, -0.2) is 33.5 Å². The third-order valence-corrected chi connectivity index (χ3v) is 4.62. The molecule has 1 heterocycles. The maximum atomic E-state index is 12.3. The van der Waals surface area contributed by atoms with Gasteiger partial charge in [0.2, 0.25) is 0 Å². The first kappa shape index (κ1) is 15.3. The fourth-order valence-electron chi connectivity index (χ4n) is 2.49. The Kier molecular flexibility index (Phi) is 4.39. The number of rotatable bonds is 2. The summed E-state index contributed by atoms with van der Waals surface area (Å²) in [6.45, 7) is 5.90. The molecule has 2 rings (SSSR count). The lowest BCUT2D eigenvalue weighted by molar-refractivity contribution is 0.0248. The van der Waals surface area contributed by atoms with Crippen LogP contribution in [0.4, 0.5) is 0 Å². The van der Waals surface area contributed by atoms with Crippen LogP contribution in [0, 0.1) is 20.8 Å². The molecule has 6 heteroatoms. The third kappa shape index (κ3) is 3.52. The van der Waals surface area contributed by atoms with Gasteiger partial charge in [-0.1, -0.05) is 17.7 Å². The van der Waals surface area contributed by atoms with E-state index in [1.165, 1.54) is 0 Å². The van der Waals surface area contributed by atoms with Crippen LogP contribution in [0.1, 0.15) is 33.5 Å². The molecular weight excluding hydrogens is 280 g/mol.